The number of fused-ring (bicyclic) bond motifs is 2. The lowest BCUT2D eigenvalue weighted by Crippen LogP contribution is -2.26. The standard InChI is InChI=1S/C27H22ClFN4O3S/c1-4-32(3)27(34)18-12-20-22(17-11-21-23(28)9-10-30-25(21)24(29)13-17)15-33(26(20)31-14-18)37(35,36)19-7-5-16(2)6-8-19/h5-15H,4H2,1-3H3. The van der Waals surface area contributed by atoms with Gasteiger partial charge in [-0.2, -0.15) is 0 Å². The first kappa shape index (κ1) is 24.9. The summed E-state index contributed by atoms with van der Waals surface area (Å²) in [5.74, 6) is -0.878. The van der Waals surface area contributed by atoms with Crippen molar-refractivity contribution >= 4 is 49.5 Å². The highest BCUT2D eigenvalue weighted by Gasteiger charge is 2.25. The number of halogens is 2. The van der Waals surface area contributed by atoms with E-state index < -0.39 is 15.8 Å². The van der Waals surface area contributed by atoms with Gasteiger partial charge in [-0.05, 0) is 55.8 Å². The molecule has 0 N–H and O–H groups in total. The van der Waals surface area contributed by atoms with Crippen molar-refractivity contribution in [3.63, 3.8) is 0 Å². The van der Waals surface area contributed by atoms with Crippen LogP contribution in [0.2, 0.25) is 5.02 Å². The molecule has 7 nitrogen and oxygen atoms in total. The van der Waals surface area contributed by atoms with Gasteiger partial charge in [0.25, 0.3) is 15.9 Å². The summed E-state index contributed by atoms with van der Waals surface area (Å²) < 4.78 is 43.5. The average Bonchev–Trinajstić information content (AvgIpc) is 3.28. The van der Waals surface area contributed by atoms with Crippen molar-refractivity contribution in [3.8, 4) is 11.1 Å². The number of amides is 1. The van der Waals surface area contributed by atoms with E-state index in [9.17, 15) is 13.2 Å². The molecular weight excluding hydrogens is 515 g/mol. The van der Waals surface area contributed by atoms with Crippen molar-refractivity contribution in [2.45, 2.75) is 18.7 Å². The van der Waals surface area contributed by atoms with Gasteiger partial charge in [-0.1, -0.05) is 29.3 Å². The molecule has 188 valence electrons. The molecule has 0 aliphatic heterocycles. The van der Waals surface area contributed by atoms with E-state index in [2.05, 4.69) is 9.97 Å². The number of carbonyl (C=O) groups excluding carboxylic acids is 1. The second kappa shape index (κ2) is 9.24. The zero-order valence-electron chi connectivity index (χ0n) is 20.2. The minimum Gasteiger partial charge on any atom is -0.342 e. The predicted molar refractivity (Wildman–Crippen MR) is 142 cm³/mol. The minimum atomic E-state index is -4.06. The second-order valence-electron chi connectivity index (χ2n) is 8.72. The molecular formula is C27H22ClFN4O3S. The molecule has 0 atom stereocenters. The van der Waals surface area contributed by atoms with E-state index in [0.29, 0.717) is 33.5 Å². The Balaban J connectivity index is 1.81. The molecule has 0 bridgehead atoms. The third-order valence-corrected chi connectivity index (χ3v) is 8.31. The maximum atomic E-state index is 15.1. The third-order valence-electron chi connectivity index (χ3n) is 6.31. The van der Waals surface area contributed by atoms with Crippen LogP contribution < -0.4 is 0 Å². The fraction of sp³-hybridized carbons (Fsp3) is 0.148. The zero-order chi connectivity index (χ0) is 26.5. The van der Waals surface area contributed by atoms with E-state index >= 15 is 4.39 Å². The first-order chi connectivity index (χ1) is 17.6. The Labute approximate surface area is 218 Å². The van der Waals surface area contributed by atoms with Crippen LogP contribution in [0.4, 0.5) is 4.39 Å². The molecule has 0 spiro atoms. The normalized spacial score (nSPS) is 11.8. The lowest BCUT2D eigenvalue weighted by molar-refractivity contribution is 0.0802. The molecule has 5 aromatic rings. The van der Waals surface area contributed by atoms with Crippen LogP contribution in [-0.2, 0) is 10.0 Å². The number of aryl methyl sites for hydroxylation is 1. The van der Waals surface area contributed by atoms with Crippen LogP contribution in [0.3, 0.4) is 0 Å². The molecule has 0 unspecified atom stereocenters. The van der Waals surface area contributed by atoms with E-state index in [1.54, 1.807) is 37.4 Å². The van der Waals surface area contributed by atoms with E-state index in [-0.39, 0.29) is 27.5 Å². The van der Waals surface area contributed by atoms with Crippen molar-refractivity contribution < 1.29 is 17.6 Å². The van der Waals surface area contributed by atoms with Crippen LogP contribution >= 0.6 is 11.6 Å². The van der Waals surface area contributed by atoms with Gasteiger partial charge in [0.2, 0.25) is 0 Å². The maximum Gasteiger partial charge on any atom is 0.269 e. The summed E-state index contributed by atoms with van der Waals surface area (Å²) in [6.45, 7) is 4.19. The zero-order valence-corrected chi connectivity index (χ0v) is 21.8. The molecule has 5 rings (SSSR count). The molecule has 1 amide bonds. The van der Waals surface area contributed by atoms with E-state index in [0.717, 1.165) is 9.54 Å². The summed E-state index contributed by atoms with van der Waals surface area (Å²) in [7, 11) is -2.40. The Morgan fingerprint density at radius 3 is 2.51 bits per heavy atom. The molecule has 0 saturated carbocycles. The monoisotopic (exact) mass is 536 g/mol. The number of nitrogens with zero attached hydrogens (tertiary/aromatic N) is 4. The number of aromatic nitrogens is 3. The lowest BCUT2D eigenvalue weighted by atomic mass is 10.0. The molecule has 10 heteroatoms. The van der Waals surface area contributed by atoms with Crippen LogP contribution in [0.5, 0.6) is 0 Å². The van der Waals surface area contributed by atoms with Gasteiger partial charge in [0.15, 0.2) is 5.65 Å². The first-order valence-electron chi connectivity index (χ1n) is 11.4. The Morgan fingerprint density at radius 2 is 1.81 bits per heavy atom. The molecule has 0 fully saturated rings. The van der Waals surface area contributed by atoms with E-state index in [4.69, 9.17) is 11.6 Å². The smallest absolute Gasteiger partial charge is 0.269 e. The average molecular weight is 537 g/mol. The number of benzene rings is 2. The summed E-state index contributed by atoms with van der Waals surface area (Å²) in [6.07, 6.45) is 4.17. The highest BCUT2D eigenvalue weighted by atomic mass is 35.5. The van der Waals surface area contributed by atoms with Crippen LogP contribution in [0.25, 0.3) is 33.1 Å². The van der Waals surface area contributed by atoms with Gasteiger partial charge in [0, 0.05) is 48.5 Å². The highest BCUT2D eigenvalue weighted by molar-refractivity contribution is 7.90. The van der Waals surface area contributed by atoms with Crippen molar-refractivity contribution in [2.75, 3.05) is 13.6 Å². The molecule has 0 aliphatic carbocycles. The SMILES string of the molecule is CCN(C)C(=O)c1cnc2c(c1)c(-c1cc(F)c3nccc(Cl)c3c1)cn2S(=O)(=O)c1ccc(C)cc1. The van der Waals surface area contributed by atoms with Crippen molar-refractivity contribution in [3.05, 3.63) is 89.1 Å². The van der Waals surface area contributed by atoms with Gasteiger partial charge in [0.05, 0.1) is 15.5 Å². The third kappa shape index (κ3) is 4.24. The summed E-state index contributed by atoms with van der Waals surface area (Å²) in [4.78, 5) is 22.9. The molecule has 0 radical (unpaired) electrons. The molecule has 2 aromatic carbocycles. The predicted octanol–water partition coefficient (Wildman–Crippen LogP) is 5.68. The molecule has 37 heavy (non-hydrogen) atoms. The van der Waals surface area contributed by atoms with Gasteiger partial charge in [-0.25, -0.2) is 21.8 Å². The van der Waals surface area contributed by atoms with Crippen molar-refractivity contribution in [2.24, 2.45) is 0 Å². The summed E-state index contributed by atoms with van der Waals surface area (Å²) in [6, 6.07) is 12.5. The van der Waals surface area contributed by atoms with Gasteiger partial charge in [-0.15, -0.1) is 0 Å². The molecule has 3 heterocycles. The Bertz CT molecular complexity index is 1800. The number of carbonyl (C=O) groups is 1. The Hall–Kier alpha value is -3.82. The summed E-state index contributed by atoms with van der Waals surface area (Å²) in [5, 5.41) is 1.07. The van der Waals surface area contributed by atoms with Crippen molar-refractivity contribution in [1.82, 2.24) is 18.8 Å². The fourth-order valence-electron chi connectivity index (χ4n) is 4.13. The maximum absolute atomic E-state index is 15.1. The summed E-state index contributed by atoms with van der Waals surface area (Å²) in [5.41, 5.74) is 2.17. The lowest BCUT2D eigenvalue weighted by Gasteiger charge is -2.14. The van der Waals surface area contributed by atoms with Gasteiger partial charge in [-0.3, -0.25) is 9.78 Å². The van der Waals surface area contributed by atoms with Gasteiger partial charge >= 0.3 is 0 Å². The second-order valence-corrected chi connectivity index (χ2v) is 10.9. The minimum absolute atomic E-state index is 0.0751. The largest absolute Gasteiger partial charge is 0.342 e. The van der Waals surface area contributed by atoms with Gasteiger partial charge < -0.3 is 4.90 Å². The van der Waals surface area contributed by atoms with E-state index in [1.165, 1.54) is 41.7 Å². The van der Waals surface area contributed by atoms with Crippen LogP contribution in [0.15, 0.2) is 72.0 Å². The summed E-state index contributed by atoms with van der Waals surface area (Å²) >= 11 is 6.32. The topological polar surface area (TPSA) is 85.2 Å². The van der Waals surface area contributed by atoms with Crippen LogP contribution in [0.1, 0.15) is 22.8 Å². The number of pyridine rings is 2. The molecule has 0 saturated heterocycles. The Kier molecular flexibility index (Phi) is 6.21. The first-order valence-corrected chi connectivity index (χ1v) is 13.3. The van der Waals surface area contributed by atoms with Crippen LogP contribution in [0, 0.1) is 12.7 Å². The van der Waals surface area contributed by atoms with Crippen molar-refractivity contribution in [1.29, 1.82) is 0 Å². The Morgan fingerprint density at radius 1 is 1.08 bits per heavy atom. The van der Waals surface area contributed by atoms with E-state index in [1.807, 2.05) is 13.8 Å². The molecule has 3 aromatic heterocycles. The fourth-order valence-corrected chi connectivity index (χ4v) is 5.66. The number of rotatable bonds is 5. The van der Waals surface area contributed by atoms with Gasteiger partial charge in [0.1, 0.15) is 11.3 Å². The molecule has 0 aliphatic rings. The highest BCUT2D eigenvalue weighted by Crippen LogP contribution is 2.36. The number of hydrogen-bond donors (Lipinski definition) is 0. The quantitative estimate of drug-likeness (QED) is 0.288. The van der Waals surface area contributed by atoms with Crippen LogP contribution in [-0.4, -0.2) is 46.8 Å². The number of hydrogen-bond acceptors (Lipinski definition) is 5.